The summed E-state index contributed by atoms with van der Waals surface area (Å²) < 4.78 is 10.7. The molecule has 0 bridgehead atoms. The number of rotatable bonds is 1. The maximum absolute atomic E-state index is 10.8. The molecule has 1 aromatic rings. The Bertz CT molecular complexity index is 376. The molecule has 1 aliphatic rings. The number of amides is 1. The fourth-order valence-corrected chi connectivity index (χ4v) is 1.36. The minimum absolute atomic E-state index is 0.100. The van der Waals surface area contributed by atoms with Crippen LogP contribution in [0.4, 0.5) is 5.69 Å². The van der Waals surface area contributed by atoms with Crippen molar-refractivity contribution in [3.05, 3.63) is 18.2 Å². The van der Waals surface area contributed by atoms with E-state index in [1.54, 1.807) is 18.2 Å². The van der Waals surface area contributed by atoms with Gasteiger partial charge >= 0.3 is 0 Å². The fraction of sp³-hybridized carbons (Fsp3) is 0.300. The van der Waals surface area contributed by atoms with Gasteiger partial charge in [0.2, 0.25) is 12.2 Å². The molecule has 2 rings (SSSR count). The average Bonchev–Trinajstić information content (AvgIpc) is 2.42. The van der Waals surface area contributed by atoms with Crippen molar-refractivity contribution in [2.24, 2.45) is 0 Å². The summed E-state index contributed by atoms with van der Waals surface area (Å²) in [6.45, 7) is 3.28. The van der Waals surface area contributed by atoms with E-state index in [2.05, 4.69) is 5.32 Å². The van der Waals surface area contributed by atoms with Crippen molar-refractivity contribution in [3.63, 3.8) is 0 Å². The van der Waals surface area contributed by atoms with Crippen LogP contribution in [-0.2, 0) is 4.79 Å². The summed E-state index contributed by atoms with van der Waals surface area (Å²) in [5, 5.41) is 2.67. The number of carbonyl (C=O) groups is 1. The molecule has 4 nitrogen and oxygen atoms in total. The SMILES string of the molecule is CC(=O)Nc1ccc2c(c1)OC(C)O2. The first-order chi connectivity index (χ1) is 6.65. The van der Waals surface area contributed by atoms with Crippen molar-refractivity contribution < 1.29 is 14.3 Å². The van der Waals surface area contributed by atoms with Gasteiger partial charge in [-0.25, -0.2) is 0 Å². The van der Waals surface area contributed by atoms with E-state index in [4.69, 9.17) is 9.47 Å². The molecule has 1 amide bonds. The van der Waals surface area contributed by atoms with Crippen LogP contribution in [-0.4, -0.2) is 12.2 Å². The van der Waals surface area contributed by atoms with Crippen LogP contribution in [0.1, 0.15) is 13.8 Å². The van der Waals surface area contributed by atoms with Gasteiger partial charge in [-0.1, -0.05) is 0 Å². The Morgan fingerprint density at radius 3 is 2.79 bits per heavy atom. The van der Waals surface area contributed by atoms with E-state index < -0.39 is 0 Å². The molecule has 0 saturated heterocycles. The first kappa shape index (κ1) is 8.87. The number of fused-ring (bicyclic) bond motifs is 1. The van der Waals surface area contributed by atoms with Gasteiger partial charge in [0.1, 0.15) is 0 Å². The van der Waals surface area contributed by atoms with Crippen molar-refractivity contribution in [1.29, 1.82) is 0 Å². The highest BCUT2D eigenvalue weighted by Gasteiger charge is 2.19. The predicted molar refractivity (Wildman–Crippen MR) is 51.5 cm³/mol. The molecule has 1 aromatic carbocycles. The van der Waals surface area contributed by atoms with E-state index in [-0.39, 0.29) is 12.2 Å². The number of ether oxygens (including phenoxy) is 2. The molecule has 0 radical (unpaired) electrons. The Hall–Kier alpha value is -1.71. The molecule has 74 valence electrons. The topological polar surface area (TPSA) is 47.6 Å². The highest BCUT2D eigenvalue weighted by Crippen LogP contribution is 2.36. The van der Waals surface area contributed by atoms with Crippen LogP contribution in [0.25, 0.3) is 0 Å². The second kappa shape index (κ2) is 3.21. The van der Waals surface area contributed by atoms with Gasteiger partial charge < -0.3 is 14.8 Å². The number of nitrogens with one attached hydrogen (secondary N) is 1. The monoisotopic (exact) mass is 193 g/mol. The van der Waals surface area contributed by atoms with E-state index in [0.29, 0.717) is 17.2 Å². The fourth-order valence-electron chi connectivity index (χ4n) is 1.36. The number of benzene rings is 1. The molecular weight excluding hydrogens is 182 g/mol. The molecule has 14 heavy (non-hydrogen) atoms. The molecule has 0 aliphatic carbocycles. The lowest BCUT2D eigenvalue weighted by molar-refractivity contribution is -0.114. The van der Waals surface area contributed by atoms with Crippen LogP contribution in [0.15, 0.2) is 18.2 Å². The Morgan fingerprint density at radius 2 is 2.07 bits per heavy atom. The normalized spacial score (nSPS) is 18.0. The van der Waals surface area contributed by atoms with Crippen molar-refractivity contribution in [2.75, 3.05) is 5.32 Å². The van der Waals surface area contributed by atoms with Crippen LogP contribution in [0.5, 0.6) is 11.5 Å². The summed E-state index contributed by atoms with van der Waals surface area (Å²) in [4.78, 5) is 10.8. The van der Waals surface area contributed by atoms with Crippen molar-refractivity contribution in [2.45, 2.75) is 20.1 Å². The summed E-state index contributed by atoms with van der Waals surface area (Å²) in [6.07, 6.45) is -0.252. The van der Waals surface area contributed by atoms with E-state index >= 15 is 0 Å². The third-order valence-electron chi connectivity index (χ3n) is 1.85. The molecule has 1 aliphatic heterocycles. The van der Waals surface area contributed by atoms with Crippen LogP contribution in [0.3, 0.4) is 0 Å². The lowest BCUT2D eigenvalue weighted by atomic mass is 10.3. The second-order valence-corrected chi connectivity index (χ2v) is 3.15. The minimum atomic E-state index is -0.252. The number of anilines is 1. The van der Waals surface area contributed by atoms with Crippen molar-refractivity contribution in [1.82, 2.24) is 0 Å². The molecule has 1 unspecified atom stereocenters. The molecule has 1 atom stereocenters. The zero-order chi connectivity index (χ0) is 10.1. The Morgan fingerprint density at radius 1 is 1.36 bits per heavy atom. The summed E-state index contributed by atoms with van der Waals surface area (Å²) in [5.74, 6) is 1.28. The largest absolute Gasteiger partial charge is 0.451 e. The van der Waals surface area contributed by atoms with E-state index in [1.807, 2.05) is 6.92 Å². The predicted octanol–water partition coefficient (Wildman–Crippen LogP) is 1.76. The van der Waals surface area contributed by atoms with Crippen LogP contribution in [0, 0.1) is 0 Å². The standard InChI is InChI=1S/C10H11NO3/c1-6(12)11-8-3-4-9-10(5-8)14-7(2)13-9/h3-5,7H,1-2H3,(H,11,12). The van der Waals surface area contributed by atoms with Gasteiger partial charge in [-0.05, 0) is 12.1 Å². The van der Waals surface area contributed by atoms with Gasteiger partial charge in [0.15, 0.2) is 11.5 Å². The first-order valence-corrected chi connectivity index (χ1v) is 4.40. The summed E-state index contributed by atoms with van der Waals surface area (Å²) >= 11 is 0. The maximum Gasteiger partial charge on any atom is 0.238 e. The Kier molecular flexibility index (Phi) is 2.04. The Labute approximate surface area is 81.8 Å². The maximum atomic E-state index is 10.8. The first-order valence-electron chi connectivity index (χ1n) is 4.40. The van der Waals surface area contributed by atoms with E-state index in [0.717, 1.165) is 0 Å². The molecular formula is C10H11NO3. The van der Waals surface area contributed by atoms with Gasteiger partial charge in [0.05, 0.1) is 0 Å². The van der Waals surface area contributed by atoms with Gasteiger partial charge in [-0.15, -0.1) is 0 Å². The van der Waals surface area contributed by atoms with E-state index in [9.17, 15) is 4.79 Å². The van der Waals surface area contributed by atoms with Crippen LogP contribution >= 0.6 is 0 Å². The molecule has 0 aromatic heterocycles. The molecule has 1 heterocycles. The van der Waals surface area contributed by atoms with Crippen molar-refractivity contribution in [3.8, 4) is 11.5 Å². The van der Waals surface area contributed by atoms with Crippen LogP contribution < -0.4 is 14.8 Å². The molecule has 4 heteroatoms. The molecule has 1 N–H and O–H groups in total. The minimum Gasteiger partial charge on any atom is -0.451 e. The molecule has 0 spiro atoms. The number of hydrogen-bond donors (Lipinski definition) is 1. The molecule has 0 saturated carbocycles. The highest BCUT2D eigenvalue weighted by molar-refractivity contribution is 5.89. The van der Waals surface area contributed by atoms with Crippen molar-refractivity contribution >= 4 is 11.6 Å². The summed E-state index contributed by atoms with van der Waals surface area (Å²) in [5.41, 5.74) is 0.717. The Balaban J connectivity index is 2.24. The lowest BCUT2D eigenvalue weighted by Gasteiger charge is -2.02. The average molecular weight is 193 g/mol. The third kappa shape index (κ3) is 1.64. The second-order valence-electron chi connectivity index (χ2n) is 3.15. The summed E-state index contributed by atoms with van der Waals surface area (Å²) in [6, 6.07) is 5.31. The lowest BCUT2D eigenvalue weighted by Crippen LogP contribution is -2.11. The quantitative estimate of drug-likeness (QED) is 0.739. The van der Waals surface area contributed by atoms with Gasteiger partial charge in [-0.3, -0.25) is 4.79 Å². The van der Waals surface area contributed by atoms with E-state index in [1.165, 1.54) is 6.92 Å². The zero-order valence-corrected chi connectivity index (χ0v) is 8.03. The smallest absolute Gasteiger partial charge is 0.238 e. The van der Waals surface area contributed by atoms with Gasteiger partial charge in [0, 0.05) is 25.6 Å². The number of hydrogen-bond acceptors (Lipinski definition) is 3. The highest BCUT2D eigenvalue weighted by atomic mass is 16.7. The third-order valence-corrected chi connectivity index (χ3v) is 1.85. The van der Waals surface area contributed by atoms with Crippen LogP contribution in [0.2, 0.25) is 0 Å². The van der Waals surface area contributed by atoms with Gasteiger partial charge in [-0.2, -0.15) is 0 Å². The zero-order valence-electron chi connectivity index (χ0n) is 8.03. The molecule has 0 fully saturated rings. The number of carbonyl (C=O) groups excluding carboxylic acids is 1. The van der Waals surface area contributed by atoms with Gasteiger partial charge in [0.25, 0.3) is 0 Å². The summed E-state index contributed by atoms with van der Waals surface area (Å²) in [7, 11) is 0.